The Kier molecular flexibility index (Phi) is 7.10. The highest BCUT2D eigenvalue weighted by Gasteiger charge is 2.34. The van der Waals surface area contributed by atoms with Crippen LogP contribution in [0.2, 0.25) is 0 Å². The molecular formula is C27H27N3O6. The lowest BCUT2D eigenvalue weighted by Gasteiger charge is -2.16. The third-order valence-corrected chi connectivity index (χ3v) is 5.65. The fourth-order valence-electron chi connectivity index (χ4n) is 3.59. The van der Waals surface area contributed by atoms with Crippen LogP contribution in [0.25, 0.3) is 6.08 Å². The zero-order valence-corrected chi connectivity index (χ0v) is 20.5. The van der Waals surface area contributed by atoms with Crippen LogP contribution < -0.4 is 15.0 Å². The summed E-state index contributed by atoms with van der Waals surface area (Å²) in [7, 11) is 5.09. The molecule has 0 bridgehead atoms. The first-order chi connectivity index (χ1) is 17.2. The van der Waals surface area contributed by atoms with Crippen molar-refractivity contribution in [2.75, 3.05) is 26.1 Å². The lowest BCUT2D eigenvalue weighted by molar-refractivity contribution is -0.123. The van der Waals surface area contributed by atoms with Gasteiger partial charge in [0.1, 0.15) is 23.8 Å². The number of urea groups is 1. The van der Waals surface area contributed by atoms with Crippen molar-refractivity contribution < 1.29 is 28.3 Å². The predicted molar refractivity (Wildman–Crippen MR) is 133 cm³/mol. The van der Waals surface area contributed by atoms with Crippen molar-refractivity contribution in [3.8, 4) is 5.75 Å². The van der Waals surface area contributed by atoms with Crippen molar-refractivity contribution in [1.29, 1.82) is 0 Å². The molecule has 1 saturated heterocycles. The van der Waals surface area contributed by atoms with E-state index in [0.717, 1.165) is 21.7 Å². The summed E-state index contributed by atoms with van der Waals surface area (Å²) in [5.41, 5.74) is 3.85. The van der Waals surface area contributed by atoms with Crippen LogP contribution in [0.4, 0.5) is 10.5 Å². The molecule has 2 heterocycles. The van der Waals surface area contributed by atoms with Gasteiger partial charge < -0.3 is 24.1 Å². The number of nitrogens with one attached hydrogen (secondary N) is 1. The number of ether oxygens (including phenoxy) is 2. The second-order valence-electron chi connectivity index (χ2n) is 8.53. The van der Waals surface area contributed by atoms with Gasteiger partial charge in [0.2, 0.25) is 5.76 Å². The predicted octanol–water partition coefficient (Wildman–Crippen LogP) is 4.11. The molecule has 4 rings (SSSR count). The molecule has 2 aromatic carbocycles. The summed E-state index contributed by atoms with van der Waals surface area (Å²) in [5.74, 6) is -0.316. The van der Waals surface area contributed by atoms with E-state index >= 15 is 0 Å². The fourth-order valence-corrected chi connectivity index (χ4v) is 3.59. The number of hydrogen-bond donors (Lipinski definition) is 1. The molecule has 1 aliphatic heterocycles. The molecule has 0 atom stereocenters. The molecule has 9 nitrogen and oxygen atoms in total. The van der Waals surface area contributed by atoms with E-state index in [9.17, 15) is 14.4 Å². The topological polar surface area (TPSA) is 101 Å². The Morgan fingerprint density at radius 3 is 2.53 bits per heavy atom. The highest BCUT2D eigenvalue weighted by atomic mass is 16.5. The monoisotopic (exact) mass is 489 g/mol. The summed E-state index contributed by atoms with van der Waals surface area (Å²) in [6.07, 6.45) is 1.59. The van der Waals surface area contributed by atoms with Crippen LogP contribution in [0.3, 0.4) is 0 Å². The van der Waals surface area contributed by atoms with Crippen molar-refractivity contribution in [1.82, 2.24) is 10.2 Å². The Morgan fingerprint density at radius 1 is 1.08 bits per heavy atom. The minimum Gasteiger partial charge on any atom is -0.488 e. The SMILES string of the molecule is COC(=O)c1ccc(CN2C(=O)NC(=Cc3ccc(N(C)C)cc3OCc3ccc(C)cc3)C2=O)o1. The van der Waals surface area contributed by atoms with Crippen LogP contribution >= 0.6 is 0 Å². The summed E-state index contributed by atoms with van der Waals surface area (Å²) < 4.78 is 16.1. The third kappa shape index (κ3) is 5.41. The Labute approximate surface area is 208 Å². The van der Waals surface area contributed by atoms with Crippen LogP contribution in [0.1, 0.15) is 33.0 Å². The summed E-state index contributed by atoms with van der Waals surface area (Å²) in [6, 6.07) is 16.0. The zero-order chi connectivity index (χ0) is 25.8. The molecule has 186 valence electrons. The highest BCUT2D eigenvalue weighted by molar-refractivity contribution is 6.14. The molecule has 1 aromatic heterocycles. The average Bonchev–Trinajstić information content (AvgIpc) is 3.44. The van der Waals surface area contributed by atoms with Gasteiger partial charge in [-0.25, -0.2) is 9.59 Å². The maximum Gasteiger partial charge on any atom is 0.373 e. The maximum atomic E-state index is 13.0. The molecule has 0 unspecified atom stereocenters. The smallest absolute Gasteiger partial charge is 0.373 e. The van der Waals surface area contributed by atoms with Crippen molar-refractivity contribution in [2.45, 2.75) is 20.1 Å². The average molecular weight is 490 g/mol. The van der Waals surface area contributed by atoms with Gasteiger partial charge in [-0.1, -0.05) is 29.8 Å². The van der Waals surface area contributed by atoms with Gasteiger partial charge in [-0.05, 0) is 42.8 Å². The van der Waals surface area contributed by atoms with Gasteiger partial charge in [0.05, 0.1) is 13.7 Å². The summed E-state index contributed by atoms with van der Waals surface area (Å²) >= 11 is 0. The molecule has 36 heavy (non-hydrogen) atoms. The number of methoxy groups -OCH3 is 1. The van der Waals surface area contributed by atoms with Gasteiger partial charge >= 0.3 is 12.0 Å². The summed E-state index contributed by atoms with van der Waals surface area (Å²) in [4.78, 5) is 40.1. The van der Waals surface area contributed by atoms with E-state index in [4.69, 9.17) is 9.15 Å². The Hall–Kier alpha value is -4.53. The number of rotatable bonds is 8. The van der Waals surface area contributed by atoms with E-state index in [2.05, 4.69) is 10.1 Å². The van der Waals surface area contributed by atoms with E-state index in [1.165, 1.54) is 19.2 Å². The normalized spacial score (nSPS) is 14.2. The van der Waals surface area contributed by atoms with Crippen molar-refractivity contribution in [3.63, 3.8) is 0 Å². The van der Waals surface area contributed by atoms with Gasteiger partial charge in [-0.15, -0.1) is 0 Å². The van der Waals surface area contributed by atoms with E-state index in [1.54, 1.807) is 6.08 Å². The number of imide groups is 1. The third-order valence-electron chi connectivity index (χ3n) is 5.65. The molecule has 0 spiro atoms. The van der Waals surface area contributed by atoms with Gasteiger partial charge in [-0.3, -0.25) is 9.69 Å². The molecule has 3 amide bonds. The molecule has 9 heteroatoms. The molecule has 0 radical (unpaired) electrons. The van der Waals surface area contributed by atoms with Crippen LogP contribution in [-0.2, 0) is 22.7 Å². The first-order valence-electron chi connectivity index (χ1n) is 11.3. The molecule has 3 aromatic rings. The van der Waals surface area contributed by atoms with Crippen molar-refractivity contribution in [2.24, 2.45) is 0 Å². The van der Waals surface area contributed by atoms with Gasteiger partial charge in [0.15, 0.2) is 0 Å². The first-order valence-corrected chi connectivity index (χ1v) is 11.3. The Balaban J connectivity index is 1.56. The highest BCUT2D eigenvalue weighted by Crippen LogP contribution is 2.29. The fraction of sp³-hybridized carbons (Fsp3) is 0.222. The van der Waals surface area contributed by atoms with Crippen molar-refractivity contribution in [3.05, 3.63) is 88.5 Å². The molecule has 0 aliphatic carbocycles. The summed E-state index contributed by atoms with van der Waals surface area (Å²) in [6.45, 7) is 2.24. The van der Waals surface area contributed by atoms with Crippen LogP contribution in [0.15, 0.2) is 64.7 Å². The van der Waals surface area contributed by atoms with Gasteiger partial charge in [0.25, 0.3) is 5.91 Å². The molecular weight excluding hydrogens is 462 g/mol. The van der Waals surface area contributed by atoms with E-state index in [0.29, 0.717) is 17.9 Å². The first kappa shape index (κ1) is 24.6. The number of carbonyl (C=O) groups is 3. The number of hydrogen-bond acceptors (Lipinski definition) is 7. The lowest BCUT2D eigenvalue weighted by atomic mass is 10.1. The van der Waals surface area contributed by atoms with E-state index in [1.807, 2.05) is 68.4 Å². The van der Waals surface area contributed by atoms with Crippen LogP contribution in [0, 0.1) is 6.92 Å². The lowest BCUT2D eigenvalue weighted by Crippen LogP contribution is -2.30. The second-order valence-corrected chi connectivity index (χ2v) is 8.53. The number of benzene rings is 2. The maximum absolute atomic E-state index is 13.0. The van der Waals surface area contributed by atoms with Crippen LogP contribution in [0.5, 0.6) is 5.75 Å². The number of furan rings is 1. The molecule has 0 saturated carbocycles. The van der Waals surface area contributed by atoms with Gasteiger partial charge in [0, 0.05) is 31.4 Å². The molecule has 1 aliphatic rings. The number of amides is 3. The number of aryl methyl sites for hydroxylation is 1. The number of nitrogens with zero attached hydrogens (tertiary/aromatic N) is 2. The zero-order valence-electron chi connectivity index (χ0n) is 20.5. The largest absolute Gasteiger partial charge is 0.488 e. The second kappa shape index (κ2) is 10.4. The van der Waals surface area contributed by atoms with Gasteiger partial charge in [-0.2, -0.15) is 0 Å². The minimum atomic E-state index is -0.640. The summed E-state index contributed by atoms with van der Waals surface area (Å²) in [5, 5.41) is 2.61. The quantitative estimate of drug-likeness (QED) is 0.289. The molecule has 1 fully saturated rings. The number of anilines is 1. The van der Waals surface area contributed by atoms with E-state index < -0.39 is 17.9 Å². The standard InChI is InChI=1S/C27H27N3O6/c1-17-5-7-18(8-6-17)16-35-24-14-20(29(2)3)10-9-19(24)13-22-25(31)30(27(33)28-22)15-21-11-12-23(36-21)26(32)34-4/h5-14H,15-16H2,1-4H3,(H,28,33). The number of carbonyl (C=O) groups excluding carboxylic acids is 3. The number of esters is 1. The van der Waals surface area contributed by atoms with Crippen LogP contribution in [-0.4, -0.2) is 44.0 Å². The Bertz CT molecular complexity index is 1320. The van der Waals surface area contributed by atoms with E-state index in [-0.39, 0.29) is 23.8 Å². The van der Waals surface area contributed by atoms with Crippen molar-refractivity contribution >= 4 is 29.7 Å². The molecule has 1 N–H and O–H groups in total. The Morgan fingerprint density at radius 2 is 1.83 bits per heavy atom. The minimum absolute atomic E-state index is 0.00771.